The fourth-order valence-corrected chi connectivity index (χ4v) is 2.51. The standard InChI is InChI=1S/C11H11ClN2S/c1-3-10-13-7(2)11(15-10)8-5-4-6-9(12)14-8/h4-6H,3H2,1-2H3. The molecule has 2 nitrogen and oxygen atoms in total. The first kappa shape index (κ1) is 10.6. The summed E-state index contributed by atoms with van der Waals surface area (Å²) in [5.74, 6) is 0. The Morgan fingerprint density at radius 2 is 2.13 bits per heavy atom. The Labute approximate surface area is 98.0 Å². The highest BCUT2D eigenvalue weighted by Crippen LogP contribution is 2.29. The SMILES string of the molecule is CCc1nc(C)c(-c2cccc(Cl)n2)s1. The first-order chi connectivity index (χ1) is 7.20. The van der Waals surface area contributed by atoms with Crippen LogP contribution in [0.15, 0.2) is 18.2 Å². The van der Waals surface area contributed by atoms with Crippen molar-refractivity contribution in [1.29, 1.82) is 0 Å². The average molecular weight is 239 g/mol. The molecule has 0 radical (unpaired) electrons. The Kier molecular flexibility index (Phi) is 3.03. The quantitative estimate of drug-likeness (QED) is 0.745. The lowest BCUT2D eigenvalue weighted by Crippen LogP contribution is -1.83. The summed E-state index contributed by atoms with van der Waals surface area (Å²) in [6.45, 7) is 4.11. The van der Waals surface area contributed by atoms with E-state index < -0.39 is 0 Å². The van der Waals surface area contributed by atoms with Gasteiger partial charge in [-0.15, -0.1) is 11.3 Å². The first-order valence-electron chi connectivity index (χ1n) is 4.80. The lowest BCUT2D eigenvalue weighted by molar-refractivity contribution is 1.07. The molecule has 2 rings (SSSR count). The van der Waals surface area contributed by atoms with Gasteiger partial charge in [0, 0.05) is 0 Å². The minimum absolute atomic E-state index is 0.526. The highest BCUT2D eigenvalue weighted by molar-refractivity contribution is 7.15. The summed E-state index contributed by atoms with van der Waals surface area (Å²) in [6.07, 6.45) is 0.964. The van der Waals surface area contributed by atoms with Gasteiger partial charge in [-0.2, -0.15) is 0 Å². The summed E-state index contributed by atoms with van der Waals surface area (Å²) in [5, 5.41) is 1.67. The number of aryl methyl sites for hydroxylation is 2. The molecule has 0 unspecified atom stereocenters. The van der Waals surface area contributed by atoms with Crippen LogP contribution in [-0.2, 0) is 6.42 Å². The van der Waals surface area contributed by atoms with Crippen LogP contribution in [0.4, 0.5) is 0 Å². The van der Waals surface area contributed by atoms with Crippen LogP contribution in [-0.4, -0.2) is 9.97 Å². The number of thiazole rings is 1. The maximum absolute atomic E-state index is 5.86. The van der Waals surface area contributed by atoms with E-state index in [1.807, 2.05) is 19.1 Å². The van der Waals surface area contributed by atoms with Gasteiger partial charge < -0.3 is 0 Å². The Morgan fingerprint density at radius 1 is 1.33 bits per heavy atom. The number of halogens is 1. The summed E-state index contributed by atoms with van der Waals surface area (Å²) in [4.78, 5) is 9.88. The molecule has 2 aromatic heterocycles. The molecule has 2 heterocycles. The van der Waals surface area contributed by atoms with Crippen molar-refractivity contribution >= 4 is 22.9 Å². The van der Waals surface area contributed by atoms with Crippen LogP contribution in [0, 0.1) is 6.92 Å². The fourth-order valence-electron chi connectivity index (χ4n) is 1.38. The van der Waals surface area contributed by atoms with E-state index >= 15 is 0 Å². The molecular weight excluding hydrogens is 228 g/mol. The molecular formula is C11H11ClN2S. The molecule has 15 heavy (non-hydrogen) atoms. The van der Waals surface area contributed by atoms with Crippen molar-refractivity contribution in [2.45, 2.75) is 20.3 Å². The van der Waals surface area contributed by atoms with Crippen molar-refractivity contribution in [3.63, 3.8) is 0 Å². The largest absolute Gasteiger partial charge is 0.246 e. The lowest BCUT2D eigenvalue weighted by atomic mass is 10.3. The van der Waals surface area contributed by atoms with Crippen LogP contribution in [0.2, 0.25) is 5.15 Å². The van der Waals surface area contributed by atoms with E-state index in [-0.39, 0.29) is 0 Å². The average Bonchev–Trinajstić information content (AvgIpc) is 2.60. The molecule has 0 aliphatic rings. The number of nitrogens with zero attached hydrogens (tertiary/aromatic N) is 2. The minimum atomic E-state index is 0.526. The number of hydrogen-bond donors (Lipinski definition) is 0. The van der Waals surface area contributed by atoms with E-state index in [0.717, 1.165) is 27.7 Å². The second kappa shape index (κ2) is 4.29. The third-order valence-electron chi connectivity index (χ3n) is 2.09. The van der Waals surface area contributed by atoms with Gasteiger partial charge in [0.15, 0.2) is 0 Å². The topological polar surface area (TPSA) is 25.8 Å². The summed E-state index contributed by atoms with van der Waals surface area (Å²) in [7, 11) is 0. The highest BCUT2D eigenvalue weighted by Gasteiger charge is 2.09. The molecule has 0 saturated carbocycles. The molecule has 0 spiro atoms. The maximum Gasteiger partial charge on any atom is 0.129 e. The fraction of sp³-hybridized carbons (Fsp3) is 0.273. The zero-order chi connectivity index (χ0) is 10.8. The zero-order valence-corrected chi connectivity index (χ0v) is 10.2. The molecule has 0 atom stereocenters. The summed E-state index contributed by atoms with van der Waals surface area (Å²) >= 11 is 7.55. The Balaban J connectivity index is 2.48. The number of hydrogen-bond acceptors (Lipinski definition) is 3. The minimum Gasteiger partial charge on any atom is -0.246 e. The number of pyridine rings is 1. The smallest absolute Gasteiger partial charge is 0.129 e. The van der Waals surface area contributed by atoms with Gasteiger partial charge in [-0.3, -0.25) is 0 Å². The van der Waals surface area contributed by atoms with Gasteiger partial charge >= 0.3 is 0 Å². The van der Waals surface area contributed by atoms with E-state index in [9.17, 15) is 0 Å². The van der Waals surface area contributed by atoms with Crippen LogP contribution >= 0.6 is 22.9 Å². The molecule has 0 bridgehead atoms. The van der Waals surface area contributed by atoms with Gasteiger partial charge in [0.05, 0.1) is 21.3 Å². The molecule has 0 fully saturated rings. The van der Waals surface area contributed by atoms with Crippen molar-refractivity contribution in [1.82, 2.24) is 9.97 Å². The molecule has 0 aromatic carbocycles. The summed E-state index contributed by atoms with van der Waals surface area (Å²) < 4.78 is 0. The van der Waals surface area contributed by atoms with E-state index in [4.69, 9.17) is 11.6 Å². The van der Waals surface area contributed by atoms with E-state index in [2.05, 4.69) is 16.9 Å². The second-order valence-corrected chi connectivity index (χ2v) is 4.69. The first-order valence-corrected chi connectivity index (χ1v) is 5.99. The van der Waals surface area contributed by atoms with Crippen LogP contribution < -0.4 is 0 Å². The van der Waals surface area contributed by atoms with E-state index in [1.54, 1.807) is 17.4 Å². The summed E-state index contributed by atoms with van der Waals surface area (Å²) in [6, 6.07) is 5.66. The Hall–Kier alpha value is -0.930. The van der Waals surface area contributed by atoms with E-state index in [0.29, 0.717) is 5.15 Å². The molecule has 0 amide bonds. The molecule has 0 aliphatic carbocycles. The van der Waals surface area contributed by atoms with E-state index in [1.165, 1.54) is 0 Å². The zero-order valence-electron chi connectivity index (χ0n) is 8.62. The third kappa shape index (κ3) is 2.19. The Bertz CT molecular complexity index is 479. The second-order valence-electron chi connectivity index (χ2n) is 3.22. The monoisotopic (exact) mass is 238 g/mol. The van der Waals surface area contributed by atoms with Gasteiger partial charge in [0.2, 0.25) is 0 Å². The van der Waals surface area contributed by atoms with Crippen LogP contribution in [0.3, 0.4) is 0 Å². The Morgan fingerprint density at radius 3 is 2.73 bits per heavy atom. The predicted molar refractivity (Wildman–Crippen MR) is 64.5 cm³/mol. The van der Waals surface area contributed by atoms with Crippen LogP contribution in [0.25, 0.3) is 10.6 Å². The molecule has 0 aliphatic heterocycles. The lowest BCUT2D eigenvalue weighted by Gasteiger charge is -1.97. The van der Waals surface area contributed by atoms with Crippen molar-refractivity contribution in [3.05, 3.63) is 34.1 Å². The normalized spacial score (nSPS) is 10.6. The van der Waals surface area contributed by atoms with Gasteiger partial charge in [-0.25, -0.2) is 9.97 Å². The van der Waals surface area contributed by atoms with Gasteiger partial charge in [-0.05, 0) is 25.5 Å². The molecule has 0 saturated heterocycles. The molecule has 4 heteroatoms. The maximum atomic E-state index is 5.86. The van der Waals surface area contributed by atoms with Crippen LogP contribution in [0.1, 0.15) is 17.6 Å². The molecule has 78 valence electrons. The summed E-state index contributed by atoms with van der Waals surface area (Å²) in [5.41, 5.74) is 1.95. The van der Waals surface area contributed by atoms with Crippen molar-refractivity contribution < 1.29 is 0 Å². The van der Waals surface area contributed by atoms with Crippen molar-refractivity contribution in [3.8, 4) is 10.6 Å². The van der Waals surface area contributed by atoms with Crippen molar-refractivity contribution in [2.75, 3.05) is 0 Å². The highest BCUT2D eigenvalue weighted by atomic mass is 35.5. The third-order valence-corrected chi connectivity index (χ3v) is 3.63. The van der Waals surface area contributed by atoms with Crippen molar-refractivity contribution in [2.24, 2.45) is 0 Å². The van der Waals surface area contributed by atoms with Gasteiger partial charge in [0.1, 0.15) is 5.15 Å². The molecule has 0 N–H and O–H groups in total. The predicted octanol–water partition coefficient (Wildman–Crippen LogP) is 3.73. The number of rotatable bonds is 2. The van der Waals surface area contributed by atoms with Crippen LogP contribution in [0.5, 0.6) is 0 Å². The molecule has 2 aromatic rings. The van der Waals surface area contributed by atoms with Gasteiger partial charge in [0.25, 0.3) is 0 Å². The van der Waals surface area contributed by atoms with Gasteiger partial charge in [-0.1, -0.05) is 24.6 Å². The number of aromatic nitrogens is 2.